The van der Waals surface area contributed by atoms with Gasteiger partial charge in [-0.15, -0.1) is 0 Å². The third-order valence-electron chi connectivity index (χ3n) is 3.53. The van der Waals surface area contributed by atoms with Gasteiger partial charge < -0.3 is 5.73 Å². The second-order valence-electron chi connectivity index (χ2n) is 4.88. The first kappa shape index (κ1) is 13.7. The van der Waals surface area contributed by atoms with E-state index in [1.54, 1.807) is 6.07 Å². The average molecular weight is 285 g/mol. The standard InChI is InChI=1S/C14H18Cl2N2/c1-9(12-7-6-11(15)8-13(12)16)18-14(17)10-4-2-3-5-10/h6-10H,2-5H2,1H3,(H2,17,18). The topological polar surface area (TPSA) is 38.4 Å². The Bertz CT molecular complexity index is 451. The third kappa shape index (κ3) is 3.18. The summed E-state index contributed by atoms with van der Waals surface area (Å²) in [6, 6.07) is 5.48. The predicted molar refractivity (Wildman–Crippen MR) is 78.5 cm³/mol. The van der Waals surface area contributed by atoms with Crippen LogP contribution in [0.2, 0.25) is 10.0 Å². The van der Waals surface area contributed by atoms with Crippen molar-refractivity contribution in [2.75, 3.05) is 0 Å². The molecule has 2 N–H and O–H groups in total. The maximum atomic E-state index is 6.17. The largest absolute Gasteiger partial charge is 0.387 e. The molecule has 1 unspecified atom stereocenters. The Morgan fingerprint density at radius 2 is 2.00 bits per heavy atom. The van der Waals surface area contributed by atoms with Crippen LogP contribution in [0.15, 0.2) is 23.2 Å². The van der Waals surface area contributed by atoms with E-state index in [0.717, 1.165) is 24.2 Å². The Morgan fingerprint density at radius 3 is 2.61 bits per heavy atom. The lowest BCUT2D eigenvalue weighted by Crippen LogP contribution is -2.22. The minimum absolute atomic E-state index is 0.0182. The van der Waals surface area contributed by atoms with E-state index < -0.39 is 0 Å². The van der Waals surface area contributed by atoms with Gasteiger partial charge in [0.25, 0.3) is 0 Å². The highest BCUT2D eigenvalue weighted by atomic mass is 35.5. The summed E-state index contributed by atoms with van der Waals surface area (Å²) in [5.74, 6) is 1.23. The zero-order chi connectivity index (χ0) is 13.1. The molecule has 0 aliphatic heterocycles. The Labute approximate surface area is 118 Å². The molecule has 2 rings (SSSR count). The first-order valence-electron chi connectivity index (χ1n) is 6.36. The number of hydrogen-bond donors (Lipinski definition) is 1. The molecule has 1 aromatic carbocycles. The van der Waals surface area contributed by atoms with Crippen LogP contribution in [0.1, 0.15) is 44.2 Å². The van der Waals surface area contributed by atoms with Crippen molar-refractivity contribution in [3.63, 3.8) is 0 Å². The lowest BCUT2D eigenvalue weighted by Gasteiger charge is -2.14. The number of rotatable bonds is 3. The van der Waals surface area contributed by atoms with Gasteiger partial charge in [0.15, 0.2) is 0 Å². The molecule has 1 aromatic rings. The Morgan fingerprint density at radius 1 is 1.33 bits per heavy atom. The molecule has 2 nitrogen and oxygen atoms in total. The zero-order valence-corrected chi connectivity index (χ0v) is 12.0. The van der Waals surface area contributed by atoms with Crippen molar-refractivity contribution >= 4 is 29.0 Å². The van der Waals surface area contributed by atoms with Gasteiger partial charge in [-0.05, 0) is 37.5 Å². The molecular formula is C14H18Cl2N2. The lowest BCUT2D eigenvalue weighted by atomic mass is 10.1. The smallest absolute Gasteiger partial charge is 0.0975 e. The van der Waals surface area contributed by atoms with Crippen LogP contribution in [0, 0.1) is 5.92 Å². The first-order chi connectivity index (χ1) is 8.58. The van der Waals surface area contributed by atoms with Gasteiger partial charge in [0, 0.05) is 16.0 Å². The van der Waals surface area contributed by atoms with E-state index in [1.807, 2.05) is 19.1 Å². The predicted octanol–water partition coefficient (Wildman–Crippen LogP) is 4.60. The average Bonchev–Trinajstić information content (AvgIpc) is 2.81. The third-order valence-corrected chi connectivity index (χ3v) is 4.09. The molecule has 1 atom stereocenters. The van der Waals surface area contributed by atoms with Gasteiger partial charge >= 0.3 is 0 Å². The minimum atomic E-state index is -0.0182. The molecule has 0 aromatic heterocycles. The van der Waals surface area contributed by atoms with Gasteiger partial charge in [-0.2, -0.15) is 0 Å². The van der Waals surface area contributed by atoms with Crippen molar-refractivity contribution in [1.29, 1.82) is 0 Å². The van der Waals surface area contributed by atoms with Crippen molar-refractivity contribution in [3.8, 4) is 0 Å². The molecule has 4 heteroatoms. The summed E-state index contributed by atoms with van der Waals surface area (Å²) in [5.41, 5.74) is 7.05. The number of nitrogens with zero attached hydrogens (tertiary/aromatic N) is 1. The summed E-state index contributed by atoms with van der Waals surface area (Å²) in [6.45, 7) is 2.01. The fraction of sp³-hybridized carbons (Fsp3) is 0.500. The molecule has 0 radical (unpaired) electrons. The summed E-state index contributed by atoms with van der Waals surface area (Å²) in [6.07, 6.45) is 4.85. The molecular weight excluding hydrogens is 267 g/mol. The molecule has 0 spiro atoms. The molecule has 0 bridgehead atoms. The fourth-order valence-corrected chi connectivity index (χ4v) is 3.03. The summed E-state index contributed by atoms with van der Waals surface area (Å²) in [7, 11) is 0. The van der Waals surface area contributed by atoms with E-state index in [0.29, 0.717) is 16.0 Å². The Balaban J connectivity index is 2.15. The van der Waals surface area contributed by atoms with E-state index in [1.165, 1.54) is 12.8 Å². The molecule has 1 aliphatic rings. The second kappa shape index (κ2) is 5.94. The van der Waals surface area contributed by atoms with Crippen molar-refractivity contribution < 1.29 is 0 Å². The maximum absolute atomic E-state index is 6.17. The van der Waals surface area contributed by atoms with E-state index in [-0.39, 0.29) is 6.04 Å². The molecule has 1 fully saturated rings. The maximum Gasteiger partial charge on any atom is 0.0975 e. The first-order valence-corrected chi connectivity index (χ1v) is 7.11. The fourth-order valence-electron chi connectivity index (χ4n) is 2.46. The van der Waals surface area contributed by atoms with Crippen LogP contribution < -0.4 is 5.73 Å². The van der Waals surface area contributed by atoms with Crippen molar-refractivity contribution in [3.05, 3.63) is 33.8 Å². The number of amidine groups is 1. The molecule has 0 heterocycles. The van der Waals surface area contributed by atoms with Crippen LogP contribution in [0.4, 0.5) is 0 Å². The Hall–Kier alpha value is -0.730. The highest BCUT2D eigenvalue weighted by Crippen LogP contribution is 2.30. The molecule has 0 saturated heterocycles. The number of halogens is 2. The number of aliphatic imine (C=N–C) groups is 1. The quantitative estimate of drug-likeness (QED) is 0.639. The summed E-state index contributed by atoms with van der Waals surface area (Å²) < 4.78 is 0. The van der Waals surface area contributed by atoms with Gasteiger partial charge in [-0.3, -0.25) is 4.99 Å². The van der Waals surface area contributed by atoms with E-state index in [2.05, 4.69) is 4.99 Å². The number of benzene rings is 1. The summed E-state index contributed by atoms with van der Waals surface area (Å²) >= 11 is 12.1. The molecule has 1 aliphatic carbocycles. The summed E-state index contributed by atoms with van der Waals surface area (Å²) in [5, 5.41) is 1.29. The van der Waals surface area contributed by atoms with Crippen LogP contribution in [-0.2, 0) is 0 Å². The van der Waals surface area contributed by atoms with Crippen LogP contribution in [-0.4, -0.2) is 5.84 Å². The number of nitrogens with two attached hydrogens (primary N) is 1. The van der Waals surface area contributed by atoms with Crippen molar-refractivity contribution in [2.24, 2.45) is 16.6 Å². The lowest BCUT2D eigenvalue weighted by molar-refractivity contribution is 0.700. The molecule has 98 valence electrons. The molecule has 0 amide bonds. The van der Waals surface area contributed by atoms with Crippen LogP contribution in [0.5, 0.6) is 0 Å². The molecule has 18 heavy (non-hydrogen) atoms. The zero-order valence-electron chi connectivity index (χ0n) is 10.5. The second-order valence-corrected chi connectivity index (χ2v) is 5.72. The number of hydrogen-bond acceptors (Lipinski definition) is 1. The van der Waals surface area contributed by atoms with Crippen molar-refractivity contribution in [2.45, 2.75) is 38.6 Å². The van der Waals surface area contributed by atoms with Gasteiger partial charge in [0.1, 0.15) is 0 Å². The van der Waals surface area contributed by atoms with E-state index in [4.69, 9.17) is 28.9 Å². The minimum Gasteiger partial charge on any atom is -0.387 e. The van der Waals surface area contributed by atoms with Crippen LogP contribution >= 0.6 is 23.2 Å². The SMILES string of the molecule is CC(N=C(N)C1CCCC1)c1ccc(Cl)cc1Cl. The van der Waals surface area contributed by atoms with Gasteiger partial charge in [-0.1, -0.05) is 42.1 Å². The Kier molecular flexibility index (Phi) is 4.52. The normalized spacial score (nSPS) is 19.2. The molecule has 1 saturated carbocycles. The highest BCUT2D eigenvalue weighted by molar-refractivity contribution is 6.35. The van der Waals surface area contributed by atoms with E-state index in [9.17, 15) is 0 Å². The van der Waals surface area contributed by atoms with Gasteiger partial charge in [-0.25, -0.2) is 0 Å². The van der Waals surface area contributed by atoms with Crippen molar-refractivity contribution in [1.82, 2.24) is 0 Å². The van der Waals surface area contributed by atoms with Gasteiger partial charge in [0.05, 0.1) is 11.9 Å². The highest BCUT2D eigenvalue weighted by Gasteiger charge is 2.19. The van der Waals surface area contributed by atoms with Crippen LogP contribution in [0.3, 0.4) is 0 Å². The summed E-state index contributed by atoms with van der Waals surface area (Å²) in [4.78, 5) is 4.59. The van der Waals surface area contributed by atoms with Crippen LogP contribution in [0.25, 0.3) is 0 Å². The van der Waals surface area contributed by atoms with Gasteiger partial charge in [0.2, 0.25) is 0 Å². The van der Waals surface area contributed by atoms with E-state index >= 15 is 0 Å². The monoisotopic (exact) mass is 284 g/mol.